The molecule has 14 heteroatoms. The third-order valence-electron chi connectivity index (χ3n) is 9.62. The van der Waals surface area contributed by atoms with Crippen LogP contribution in [0.15, 0.2) is 72.8 Å². The summed E-state index contributed by atoms with van der Waals surface area (Å²) in [5.74, 6) is 3.57. The van der Waals surface area contributed by atoms with Crippen molar-refractivity contribution in [3.8, 4) is 11.8 Å². The number of carbonyl (C=O) groups is 7. The van der Waals surface area contributed by atoms with Crippen molar-refractivity contribution in [2.24, 2.45) is 17.6 Å². The van der Waals surface area contributed by atoms with E-state index < -0.39 is 35.9 Å². The maximum atomic E-state index is 13.8. The third-order valence-corrected chi connectivity index (χ3v) is 9.92. The summed E-state index contributed by atoms with van der Waals surface area (Å²) in [6, 6.07) is 20.1. The third kappa shape index (κ3) is 13.1. The summed E-state index contributed by atoms with van der Waals surface area (Å²) in [5.41, 5.74) is 9.55. The van der Waals surface area contributed by atoms with Crippen LogP contribution in [0.1, 0.15) is 73.8 Å². The number of hydrogen-bond donors (Lipinski definition) is 3. The van der Waals surface area contributed by atoms with Crippen LogP contribution < -0.4 is 21.3 Å². The van der Waals surface area contributed by atoms with E-state index >= 15 is 0 Å². The van der Waals surface area contributed by atoms with Crippen LogP contribution in [-0.2, 0) is 48.3 Å². The van der Waals surface area contributed by atoms with Gasteiger partial charge in [-0.25, -0.2) is 9.59 Å². The zero-order chi connectivity index (χ0) is 42.2. The Kier molecular flexibility index (Phi) is 15.9. The molecule has 0 saturated heterocycles. The Hall–Kier alpha value is -5.86. The molecule has 3 aromatic rings. The maximum Gasteiger partial charge on any atom is 0.416 e. The van der Waals surface area contributed by atoms with Crippen LogP contribution in [0.2, 0.25) is 0 Å². The van der Waals surface area contributed by atoms with Crippen LogP contribution >= 0.6 is 9.18 Å². The number of para-hydroxylation sites is 1. The summed E-state index contributed by atoms with van der Waals surface area (Å²) in [7, 11) is 0.915. The highest BCUT2D eigenvalue weighted by Gasteiger charge is 2.30. The lowest BCUT2D eigenvalue weighted by Crippen LogP contribution is -2.46. The minimum atomic E-state index is -0.934. The average Bonchev–Trinajstić information content (AvgIpc) is 3.20. The number of nitrogens with zero attached hydrogens (tertiary/aromatic N) is 2. The van der Waals surface area contributed by atoms with Gasteiger partial charge in [0.25, 0.3) is 0 Å². The predicted molar refractivity (Wildman–Crippen MR) is 219 cm³/mol. The number of carbonyl (C=O) groups excluding carboxylic acids is 7. The highest BCUT2D eigenvalue weighted by molar-refractivity contribution is 7.18. The summed E-state index contributed by atoms with van der Waals surface area (Å²) >= 11 is 0. The Labute approximate surface area is 336 Å². The quantitative estimate of drug-likeness (QED) is 0.0889. The van der Waals surface area contributed by atoms with E-state index in [1.54, 1.807) is 29.2 Å². The van der Waals surface area contributed by atoms with Crippen LogP contribution in [0, 0.1) is 23.7 Å². The van der Waals surface area contributed by atoms with Crippen LogP contribution in [0.5, 0.6) is 0 Å². The lowest BCUT2D eigenvalue weighted by molar-refractivity contribution is -0.134. The summed E-state index contributed by atoms with van der Waals surface area (Å²) in [6.45, 7) is 4.01. The normalized spacial score (nSPS) is 13.1. The fraction of sp³-hybridized carbons (Fsp3) is 0.372. The van der Waals surface area contributed by atoms with Gasteiger partial charge in [-0.05, 0) is 53.6 Å². The predicted octanol–water partition coefficient (Wildman–Crippen LogP) is 4.66. The molecule has 13 nitrogen and oxygen atoms in total. The first kappa shape index (κ1) is 42.3. The number of amides is 6. The summed E-state index contributed by atoms with van der Waals surface area (Å²) in [5, 5.41) is 5.35. The molecule has 4 N–H and O–H groups in total. The number of rotatable bonds is 19. The van der Waals surface area contributed by atoms with E-state index in [2.05, 4.69) is 22.5 Å². The van der Waals surface area contributed by atoms with Gasteiger partial charge in [0.15, 0.2) is 5.78 Å². The lowest BCUT2D eigenvalue weighted by Gasteiger charge is -2.26. The van der Waals surface area contributed by atoms with Gasteiger partial charge in [0.2, 0.25) is 17.7 Å². The highest BCUT2D eigenvalue weighted by atomic mass is 31.0. The van der Waals surface area contributed by atoms with Crippen molar-refractivity contribution < 1.29 is 38.3 Å². The van der Waals surface area contributed by atoms with Crippen molar-refractivity contribution in [3.63, 3.8) is 0 Å². The highest BCUT2D eigenvalue weighted by Crippen LogP contribution is 2.27. The van der Waals surface area contributed by atoms with Gasteiger partial charge in [0, 0.05) is 62.5 Å². The molecular formula is C43H50N5O8P. The molecule has 1 heterocycles. The number of anilines is 1. The monoisotopic (exact) mass is 796 g/mol. The first-order chi connectivity index (χ1) is 27.8. The van der Waals surface area contributed by atoms with Crippen molar-refractivity contribution in [2.75, 3.05) is 24.7 Å². The second-order valence-electron chi connectivity index (χ2n) is 14.1. The molecule has 300 valence electrons. The molecule has 0 aromatic heterocycles. The molecule has 0 radical (unpaired) electrons. The van der Waals surface area contributed by atoms with Crippen LogP contribution in [-0.4, -0.2) is 73.4 Å². The topological polar surface area (TPSA) is 185 Å². The molecule has 3 atom stereocenters. The molecule has 4 rings (SSSR count). The minimum Gasteiger partial charge on any atom is -0.444 e. The van der Waals surface area contributed by atoms with Crippen molar-refractivity contribution in [3.05, 3.63) is 101 Å². The average molecular weight is 797 g/mol. The van der Waals surface area contributed by atoms with Crippen molar-refractivity contribution in [1.82, 2.24) is 15.5 Å². The van der Waals surface area contributed by atoms with E-state index in [4.69, 9.17) is 11.7 Å². The molecule has 57 heavy (non-hydrogen) atoms. The Balaban J connectivity index is 1.37. The number of primary amides is 1. The van der Waals surface area contributed by atoms with E-state index in [0.29, 0.717) is 35.3 Å². The molecule has 0 saturated carbocycles. The molecule has 0 spiro atoms. The molecule has 0 fully saturated rings. The van der Waals surface area contributed by atoms with Gasteiger partial charge in [-0.2, -0.15) is 0 Å². The number of ketones is 2. The van der Waals surface area contributed by atoms with Crippen LogP contribution in [0.4, 0.5) is 15.3 Å². The molecule has 0 bridgehead atoms. The summed E-state index contributed by atoms with van der Waals surface area (Å²) < 4.78 is 12.4. The minimum absolute atomic E-state index is 0.0392. The number of urea groups is 1. The van der Waals surface area contributed by atoms with Crippen molar-refractivity contribution >= 4 is 56.3 Å². The van der Waals surface area contributed by atoms with Gasteiger partial charge in [0.05, 0.1) is 19.6 Å². The lowest BCUT2D eigenvalue weighted by atomic mass is 9.88. The second kappa shape index (κ2) is 21.4. The molecule has 1 aliphatic heterocycles. The zero-order valence-electron chi connectivity index (χ0n) is 33.5. The fourth-order valence-corrected chi connectivity index (χ4v) is 6.45. The molecular weight excluding hydrogens is 745 g/mol. The molecule has 6 amide bonds. The summed E-state index contributed by atoms with van der Waals surface area (Å²) in [4.78, 5) is 92.3. The van der Waals surface area contributed by atoms with Crippen LogP contribution in [0.25, 0.3) is 0 Å². The van der Waals surface area contributed by atoms with E-state index in [9.17, 15) is 33.6 Å². The van der Waals surface area contributed by atoms with E-state index in [1.807, 2.05) is 62.4 Å². The standard InChI is InChI=1S/C43H50N5O8P/c1-28(2)35(24-34(49)20-21-39(51)48-25-33-11-5-4-9-31(33)18-19-32-10-6-7-13-37(32)48)41(53)46-36(12-8-22-45-42(44)54)38(50)23-29-14-16-30(17-15-29)26-56-43(55)47(3)40(52)27-57/h4-7,9-11,13-17,28,35-36H,8,12,20-27,57H2,1-3H3,(H,46,53)(H3,44,45,54)/t35-,36-/m0/s1/i57D/t35-,36-,57?. The van der Waals surface area contributed by atoms with E-state index in [-0.39, 0.29) is 84.0 Å². The van der Waals surface area contributed by atoms with Gasteiger partial charge in [0.1, 0.15) is 12.4 Å². The van der Waals surface area contributed by atoms with Crippen LogP contribution in [0.3, 0.4) is 0 Å². The largest absolute Gasteiger partial charge is 0.444 e. The number of imide groups is 1. The number of fused-ring (bicyclic) bond motifs is 2. The Morgan fingerprint density at radius 1 is 0.930 bits per heavy atom. The number of ether oxygens (including phenoxy) is 1. The molecule has 0 aliphatic carbocycles. The van der Waals surface area contributed by atoms with Gasteiger partial charge in [-0.1, -0.05) is 80.3 Å². The van der Waals surface area contributed by atoms with Gasteiger partial charge in [-0.15, -0.1) is 9.18 Å². The Morgan fingerprint density at radius 3 is 2.30 bits per heavy atom. The summed E-state index contributed by atoms with van der Waals surface area (Å²) in [6.07, 6.45) is -0.658. The smallest absolute Gasteiger partial charge is 0.416 e. The molecule has 1 unspecified atom stereocenters. The number of benzene rings is 3. The second-order valence-corrected chi connectivity index (χ2v) is 14.5. The van der Waals surface area contributed by atoms with E-state index in [0.717, 1.165) is 16.0 Å². The Bertz CT molecular complexity index is 2050. The molecule has 1 aliphatic rings. The number of nitrogens with one attached hydrogen (secondary N) is 2. The fourth-order valence-electron chi connectivity index (χ4n) is 6.22. The zero-order valence-corrected chi connectivity index (χ0v) is 33.5. The SMILES string of the molecule is [2H]PCC(=O)N(C)C(=O)OCc1ccc(CC(=O)[C@H](CCCNC(N)=O)NC(=O)[C@@H](CC(=O)CCC(=O)N2Cc3ccccc3C#Cc3ccccc32)C(C)C)cc1. The van der Waals surface area contributed by atoms with Gasteiger partial charge < -0.3 is 26.0 Å². The first-order valence-corrected chi connectivity index (χ1v) is 19.5. The van der Waals surface area contributed by atoms with Gasteiger partial charge >= 0.3 is 12.1 Å². The number of nitrogens with two attached hydrogens (primary N) is 1. The first-order valence-electron chi connectivity index (χ1n) is 19.3. The Morgan fingerprint density at radius 2 is 1.60 bits per heavy atom. The number of hydrogen-bond acceptors (Lipinski definition) is 8. The van der Waals surface area contributed by atoms with E-state index in [1.165, 1.54) is 7.05 Å². The van der Waals surface area contributed by atoms with Crippen molar-refractivity contribution in [1.29, 1.82) is 1.28 Å². The van der Waals surface area contributed by atoms with Gasteiger partial charge in [-0.3, -0.25) is 28.9 Å². The van der Waals surface area contributed by atoms with Crippen molar-refractivity contribution in [2.45, 2.75) is 71.6 Å². The molecule has 3 aromatic carbocycles. The maximum absolute atomic E-state index is 13.8. The number of Topliss-reactive ketones (excluding diaryl/α,β-unsaturated/α-hetero) is 2.